The van der Waals surface area contributed by atoms with Gasteiger partial charge in [0, 0.05) is 29.6 Å². The van der Waals surface area contributed by atoms with Gasteiger partial charge in [-0.2, -0.15) is 0 Å². The van der Waals surface area contributed by atoms with E-state index in [2.05, 4.69) is 6.58 Å². The Labute approximate surface area is 171 Å². The molecule has 0 aliphatic heterocycles. The van der Waals surface area contributed by atoms with Crippen LogP contribution in [0.15, 0.2) is 67.3 Å². The van der Waals surface area contributed by atoms with Gasteiger partial charge in [0.05, 0.1) is 12.2 Å². The first-order valence-corrected chi connectivity index (χ1v) is 9.59. The molecule has 0 N–H and O–H groups in total. The van der Waals surface area contributed by atoms with E-state index in [1.165, 1.54) is 0 Å². The third kappa shape index (κ3) is 4.51. The van der Waals surface area contributed by atoms with Crippen LogP contribution in [0.5, 0.6) is 0 Å². The van der Waals surface area contributed by atoms with Crippen LogP contribution >= 0.6 is 0 Å². The Hall–Kier alpha value is -3.47. The lowest BCUT2D eigenvalue weighted by atomic mass is 10.1. The normalized spacial score (nSPS) is 10.4. The molecule has 0 aliphatic rings. The molecule has 0 unspecified atom stereocenters. The van der Waals surface area contributed by atoms with E-state index in [1.54, 1.807) is 13.0 Å². The minimum Gasteiger partial charge on any atom is -0.462 e. The lowest BCUT2D eigenvalue weighted by molar-refractivity contribution is 0.0526. The van der Waals surface area contributed by atoms with Gasteiger partial charge in [0.1, 0.15) is 5.82 Å². The average molecular weight is 387 g/mol. The standard InChI is InChI=1S/C24H25N3O2/c1-5-11-21-17(3)25-22(18-12-8-7-9-13-18)26-23(21)27(4)20-15-10-14-19(16-20)24(28)29-6-2/h5,7-10,12-16H,1,6,11H2,2-4H3. The van der Waals surface area contributed by atoms with Crippen LogP contribution < -0.4 is 4.90 Å². The van der Waals surface area contributed by atoms with E-state index in [0.29, 0.717) is 24.4 Å². The Kier molecular flexibility index (Phi) is 6.39. The Balaban J connectivity index is 2.08. The molecule has 0 spiro atoms. The van der Waals surface area contributed by atoms with Crippen LogP contribution in [0.1, 0.15) is 28.5 Å². The zero-order chi connectivity index (χ0) is 20.8. The summed E-state index contributed by atoms with van der Waals surface area (Å²) in [4.78, 5) is 23.7. The quantitative estimate of drug-likeness (QED) is 0.416. The molecule has 0 radical (unpaired) electrons. The molecule has 3 rings (SSSR count). The second-order valence-electron chi connectivity index (χ2n) is 6.62. The molecule has 3 aromatic rings. The number of aromatic nitrogens is 2. The van der Waals surface area contributed by atoms with E-state index in [-0.39, 0.29) is 5.97 Å². The number of allylic oxidation sites excluding steroid dienone is 1. The maximum Gasteiger partial charge on any atom is 0.338 e. The molecule has 0 aliphatic carbocycles. The molecular formula is C24H25N3O2. The van der Waals surface area contributed by atoms with Crippen LogP contribution in [0.4, 0.5) is 11.5 Å². The van der Waals surface area contributed by atoms with Gasteiger partial charge in [0.25, 0.3) is 0 Å². The highest BCUT2D eigenvalue weighted by molar-refractivity contribution is 5.91. The van der Waals surface area contributed by atoms with Gasteiger partial charge in [-0.1, -0.05) is 42.5 Å². The van der Waals surface area contributed by atoms with Crippen LogP contribution in [-0.4, -0.2) is 29.6 Å². The van der Waals surface area contributed by atoms with E-state index in [1.807, 2.05) is 73.5 Å². The molecule has 5 nitrogen and oxygen atoms in total. The number of nitrogens with zero attached hydrogens (tertiary/aromatic N) is 3. The summed E-state index contributed by atoms with van der Waals surface area (Å²) in [6, 6.07) is 17.2. The van der Waals surface area contributed by atoms with Crippen molar-refractivity contribution < 1.29 is 9.53 Å². The van der Waals surface area contributed by atoms with Crippen molar-refractivity contribution in [2.24, 2.45) is 0 Å². The van der Waals surface area contributed by atoms with Gasteiger partial charge in [-0.3, -0.25) is 0 Å². The predicted molar refractivity (Wildman–Crippen MR) is 117 cm³/mol. The number of aryl methyl sites for hydroxylation is 1. The van der Waals surface area contributed by atoms with Crippen molar-refractivity contribution >= 4 is 17.5 Å². The maximum absolute atomic E-state index is 12.1. The second-order valence-corrected chi connectivity index (χ2v) is 6.62. The highest BCUT2D eigenvalue weighted by Gasteiger charge is 2.18. The summed E-state index contributed by atoms with van der Waals surface area (Å²) in [7, 11) is 1.94. The van der Waals surface area contributed by atoms with Crippen molar-refractivity contribution in [1.82, 2.24) is 9.97 Å². The molecule has 0 saturated heterocycles. The van der Waals surface area contributed by atoms with Crippen molar-refractivity contribution in [3.63, 3.8) is 0 Å². The molecule has 0 saturated carbocycles. The third-order valence-corrected chi connectivity index (χ3v) is 4.63. The summed E-state index contributed by atoms with van der Waals surface area (Å²) < 4.78 is 5.13. The first-order valence-electron chi connectivity index (χ1n) is 9.59. The number of carbonyl (C=O) groups excluding carboxylic acids is 1. The monoisotopic (exact) mass is 387 g/mol. The van der Waals surface area contributed by atoms with Crippen molar-refractivity contribution in [2.75, 3.05) is 18.6 Å². The van der Waals surface area contributed by atoms with E-state index in [9.17, 15) is 4.79 Å². The summed E-state index contributed by atoms with van der Waals surface area (Å²) in [5.74, 6) is 1.12. The molecule has 1 heterocycles. The fourth-order valence-electron chi connectivity index (χ4n) is 3.14. The van der Waals surface area contributed by atoms with Gasteiger partial charge in [0.15, 0.2) is 5.82 Å². The Bertz CT molecular complexity index is 1020. The molecule has 148 valence electrons. The van der Waals surface area contributed by atoms with Crippen molar-refractivity contribution in [3.05, 3.63) is 84.1 Å². The highest BCUT2D eigenvalue weighted by Crippen LogP contribution is 2.30. The molecule has 1 aromatic heterocycles. The zero-order valence-electron chi connectivity index (χ0n) is 17.1. The zero-order valence-corrected chi connectivity index (χ0v) is 17.1. The Morgan fingerprint density at radius 1 is 1.14 bits per heavy atom. The van der Waals surface area contributed by atoms with Gasteiger partial charge in [0.2, 0.25) is 0 Å². The Morgan fingerprint density at radius 3 is 2.59 bits per heavy atom. The molecule has 0 bridgehead atoms. The third-order valence-electron chi connectivity index (χ3n) is 4.63. The summed E-state index contributed by atoms with van der Waals surface area (Å²) in [5.41, 5.74) is 4.22. The number of anilines is 2. The van der Waals surface area contributed by atoms with E-state index < -0.39 is 0 Å². The molecule has 0 atom stereocenters. The van der Waals surface area contributed by atoms with Gasteiger partial charge >= 0.3 is 5.97 Å². The molecule has 29 heavy (non-hydrogen) atoms. The molecular weight excluding hydrogens is 362 g/mol. The fourth-order valence-corrected chi connectivity index (χ4v) is 3.14. The minimum atomic E-state index is -0.335. The van der Waals surface area contributed by atoms with E-state index in [0.717, 1.165) is 28.3 Å². The van der Waals surface area contributed by atoms with Crippen LogP contribution in [0.3, 0.4) is 0 Å². The van der Waals surface area contributed by atoms with Gasteiger partial charge in [-0.25, -0.2) is 14.8 Å². The number of ether oxygens (including phenoxy) is 1. The summed E-state index contributed by atoms with van der Waals surface area (Å²) in [6.07, 6.45) is 2.50. The minimum absolute atomic E-state index is 0.335. The average Bonchev–Trinajstić information content (AvgIpc) is 2.75. The van der Waals surface area contributed by atoms with Gasteiger partial charge in [-0.15, -0.1) is 6.58 Å². The van der Waals surface area contributed by atoms with Gasteiger partial charge in [-0.05, 0) is 38.5 Å². The lowest BCUT2D eigenvalue weighted by Gasteiger charge is -2.23. The number of esters is 1. The van der Waals surface area contributed by atoms with Crippen LogP contribution in [-0.2, 0) is 11.2 Å². The molecule has 0 amide bonds. The van der Waals surface area contributed by atoms with E-state index in [4.69, 9.17) is 14.7 Å². The van der Waals surface area contributed by atoms with Crippen LogP contribution in [0, 0.1) is 6.92 Å². The second kappa shape index (κ2) is 9.15. The molecule has 5 heteroatoms. The predicted octanol–water partition coefficient (Wildman–Crippen LogP) is 5.13. The van der Waals surface area contributed by atoms with Crippen LogP contribution in [0.25, 0.3) is 11.4 Å². The number of carbonyl (C=O) groups is 1. The maximum atomic E-state index is 12.1. The number of hydrogen-bond acceptors (Lipinski definition) is 5. The number of benzene rings is 2. The first-order chi connectivity index (χ1) is 14.0. The van der Waals surface area contributed by atoms with Crippen LogP contribution in [0.2, 0.25) is 0 Å². The molecule has 2 aromatic carbocycles. The SMILES string of the molecule is C=CCc1c(C)nc(-c2ccccc2)nc1N(C)c1cccc(C(=O)OCC)c1. The number of hydrogen-bond donors (Lipinski definition) is 0. The fraction of sp³-hybridized carbons (Fsp3) is 0.208. The van der Waals surface area contributed by atoms with Crippen molar-refractivity contribution in [2.45, 2.75) is 20.3 Å². The summed E-state index contributed by atoms with van der Waals surface area (Å²) in [6.45, 7) is 8.00. The summed E-state index contributed by atoms with van der Waals surface area (Å²) in [5, 5.41) is 0. The van der Waals surface area contributed by atoms with Gasteiger partial charge < -0.3 is 9.64 Å². The summed E-state index contributed by atoms with van der Waals surface area (Å²) >= 11 is 0. The van der Waals surface area contributed by atoms with Crippen molar-refractivity contribution in [3.8, 4) is 11.4 Å². The smallest absolute Gasteiger partial charge is 0.338 e. The van der Waals surface area contributed by atoms with Crippen molar-refractivity contribution in [1.29, 1.82) is 0 Å². The molecule has 0 fully saturated rings. The van der Waals surface area contributed by atoms with E-state index >= 15 is 0 Å². The largest absolute Gasteiger partial charge is 0.462 e. The first kappa shape index (κ1) is 20.3. The number of rotatable bonds is 7. The topological polar surface area (TPSA) is 55.3 Å². The lowest BCUT2D eigenvalue weighted by Crippen LogP contribution is -2.17. The highest BCUT2D eigenvalue weighted by atomic mass is 16.5. The Morgan fingerprint density at radius 2 is 1.90 bits per heavy atom.